The molecule has 0 aromatic carbocycles. The maximum atomic E-state index is 11.6. The average Bonchev–Trinajstić information content (AvgIpc) is 2.38. The van der Waals surface area contributed by atoms with E-state index in [1.165, 1.54) is 18.2 Å². The van der Waals surface area contributed by atoms with Gasteiger partial charge < -0.3 is 10.2 Å². The summed E-state index contributed by atoms with van der Waals surface area (Å²) in [5.74, 6) is -2.08. The number of rotatable bonds is 7. The van der Waals surface area contributed by atoms with Crippen LogP contribution in [0.1, 0.15) is 6.42 Å². The fourth-order valence-electron chi connectivity index (χ4n) is 2.03. The highest BCUT2D eigenvalue weighted by Crippen LogP contribution is 2.28. The topological polar surface area (TPSA) is 77.8 Å². The molecule has 0 radical (unpaired) electrons. The first-order chi connectivity index (χ1) is 8.97. The highest BCUT2D eigenvalue weighted by molar-refractivity contribution is 5.92. The van der Waals surface area contributed by atoms with Crippen LogP contribution in [0.5, 0.6) is 0 Å². The lowest BCUT2D eigenvalue weighted by molar-refractivity contribution is -0.147. The van der Waals surface area contributed by atoms with E-state index in [0.717, 1.165) is 0 Å². The van der Waals surface area contributed by atoms with E-state index in [-0.39, 0.29) is 12.0 Å². The summed E-state index contributed by atoms with van der Waals surface area (Å²) in [5, 5.41) is 18.4. The van der Waals surface area contributed by atoms with Crippen molar-refractivity contribution in [2.45, 2.75) is 12.0 Å². The van der Waals surface area contributed by atoms with Crippen molar-refractivity contribution in [1.82, 2.24) is 4.90 Å². The fraction of sp³-hybridized carbons (Fsp3) is 0.286. The molecular weight excluding hydrogens is 246 g/mol. The minimum atomic E-state index is -1.25. The number of carboxylic acids is 2. The van der Waals surface area contributed by atoms with Crippen LogP contribution in [0.15, 0.2) is 49.1 Å². The zero-order valence-corrected chi connectivity index (χ0v) is 10.6. The van der Waals surface area contributed by atoms with Crippen LogP contribution in [-0.4, -0.2) is 45.7 Å². The summed E-state index contributed by atoms with van der Waals surface area (Å²) < 4.78 is 0. The van der Waals surface area contributed by atoms with Crippen LogP contribution in [0.25, 0.3) is 0 Å². The molecule has 102 valence electrons. The Bertz CT molecular complexity index is 454. The Balaban J connectivity index is 3.10. The minimum Gasteiger partial charge on any atom is -0.480 e. The van der Waals surface area contributed by atoms with Crippen molar-refractivity contribution >= 4 is 11.9 Å². The zero-order chi connectivity index (χ0) is 14.5. The number of nitrogens with zero attached hydrogens (tertiary/aromatic N) is 1. The van der Waals surface area contributed by atoms with E-state index < -0.39 is 17.5 Å². The summed E-state index contributed by atoms with van der Waals surface area (Å²) in [6, 6.07) is 0. The fourth-order valence-corrected chi connectivity index (χ4v) is 2.03. The molecule has 0 spiro atoms. The Morgan fingerprint density at radius 1 is 1.32 bits per heavy atom. The van der Waals surface area contributed by atoms with Crippen molar-refractivity contribution in [2.24, 2.45) is 0 Å². The Hall–Kier alpha value is -2.14. The van der Waals surface area contributed by atoms with Gasteiger partial charge in [-0.05, 0) is 12.5 Å². The summed E-state index contributed by atoms with van der Waals surface area (Å²) in [6.45, 7) is 7.97. The number of hydrogen-bond donors (Lipinski definition) is 2. The normalized spacial score (nSPS) is 21.8. The first-order valence-electron chi connectivity index (χ1n) is 5.81. The van der Waals surface area contributed by atoms with E-state index in [2.05, 4.69) is 13.2 Å². The van der Waals surface area contributed by atoms with Crippen LogP contribution in [0.3, 0.4) is 0 Å². The lowest BCUT2D eigenvalue weighted by atomic mass is 9.86. The molecule has 1 atom stereocenters. The smallest absolute Gasteiger partial charge is 0.335 e. The van der Waals surface area contributed by atoms with Crippen molar-refractivity contribution in [2.75, 3.05) is 13.1 Å². The Morgan fingerprint density at radius 3 is 2.21 bits per heavy atom. The Kier molecular flexibility index (Phi) is 4.83. The summed E-state index contributed by atoms with van der Waals surface area (Å²) in [7, 11) is 0. The van der Waals surface area contributed by atoms with Crippen molar-refractivity contribution in [1.29, 1.82) is 0 Å². The van der Waals surface area contributed by atoms with Gasteiger partial charge in [0.2, 0.25) is 0 Å². The second kappa shape index (κ2) is 6.15. The number of hydrogen-bond acceptors (Lipinski definition) is 3. The highest BCUT2D eigenvalue weighted by Gasteiger charge is 2.41. The van der Waals surface area contributed by atoms with Crippen LogP contribution in [0, 0.1) is 0 Å². The Labute approximate surface area is 111 Å². The van der Waals surface area contributed by atoms with Crippen molar-refractivity contribution in [3.8, 4) is 0 Å². The average molecular weight is 263 g/mol. The van der Waals surface area contributed by atoms with E-state index in [1.54, 1.807) is 17.1 Å². The first kappa shape index (κ1) is 14.9. The third kappa shape index (κ3) is 3.00. The van der Waals surface area contributed by atoms with E-state index in [4.69, 9.17) is 5.11 Å². The largest absolute Gasteiger partial charge is 0.480 e. The highest BCUT2D eigenvalue weighted by atomic mass is 16.4. The SMILES string of the molecule is C=CCN(CC=C)C1(C(=O)O)C=CC(C(=O)O)=CC1. The molecule has 0 saturated carbocycles. The van der Waals surface area contributed by atoms with Crippen LogP contribution in [-0.2, 0) is 9.59 Å². The maximum absolute atomic E-state index is 11.6. The van der Waals surface area contributed by atoms with Gasteiger partial charge in [0.15, 0.2) is 0 Å². The third-order valence-electron chi connectivity index (χ3n) is 3.05. The molecule has 0 amide bonds. The predicted octanol–water partition coefficient (Wildman–Crippen LogP) is 1.45. The van der Waals surface area contributed by atoms with E-state index in [0.29, 0.717) is 13.1 Å². The number of carboxylic acid groups (broad SMARTS) is 2. The van der Waals surface area contributed by atoms with Gasteiger partial charge in [0.25, 0.3) is 0 Å². The molecule has 0 aliphatic heterocycles. The molecule has 5 nitrogen and oxygen atoms in total. The zero-order valence-electron chi connectivity index (χ0n) is 10.6. The third-order valence-corrected chi connectivity index (χ3v) is 3.05. The van der Waals surface area contributed by atoms with Crippen molar-refractivity contribution in [3.63, 3.8) is 0 Å². The van der Waals surface area contributed by atoms with Gasteiger partial charge in [0, 0.05) is 13.1 Å². The second-order valence-electron chi connectivity index (χ2n) is 4.21. The predicted molar refractivity (Wildman–Crippen MR) is 71.8 cm³/mol. The van der Waals surface area contributed by atoms with Gasteiger partial charge in [0.1, 0.15) is 5.54 Å². The molecule has 1 aliphatic carbocycles. The molecule has 2 N–H and O–H groups in total. The lowest BCUT2D eigenvalue weighted by Crippen LogP contribution is -2.54. The summed E-state index contributed by atoms with van der Waals surface area (Å²) in [6.07, 6.45) is 7.50. The van der Waals surface area contributed by atoms with Crippen LogP contribution < -0.4 is 0 Å². The molecular formula is C14H17NO4. The van der Waals surface area contributed by atoms with Gasteiger partial charge in [-0.15, -0.1) is 13.2 Å². The van der Waals surface area contributed by atoms with E-state index in [9.17, 15) is 14.7 Å². The summed E-state index contributed by atoms with van der Waals surface area (Å²) in [4.78, 5) is 24.1. The van der Waals surface area contributed by atoms with Crippen molar-refractivity contribution < 1.29 is 19.8 Å². The molecule has 1 rings (SSSR count). The summed E-state index contributed by atoms with van der Waals surface area (Å²) >= 11 is 0. The molecule has 1 unspecified atom stereocenters. The Morgan fingerprint density at radius 2 is 1.89 bits per heavy atom. The van der Waals surface area contributed by atoms with Gasteiger partial charge in [-0.3, -0.25) is 4.90 Å². The summed E-state index contributed by atoms with van der Waals surface area (Å²) in [5.41, 5.74) is -1.14. The first-order valence-corrected chi connectivity index (χ1v) is 5.81. The van der Waals surface area contributed by atoms with Gasteiger partial charge in [0.05, 0.1) is 5.57 Å². The molecule has 0 fully saturated rings. The molecule has 19 heavy (non-hydrogen) atoms. The minimum absolute atomic E-state index is 0.0994. The van der Waals surface area contributed by atoms with E-state index >= 15 is 0 Å². The van der Waals surface area contributed by atoms with Crippen LogP contribution in [0.4, 0.5) is 0 Å². The van der Waals surface area contributed by atoms with Crippen molar-refractivity contribution in [3.05, 3.63) is 49.1 Å². The number of carbonyl (C=O) groups is 2. The molecule has 5 heteroatoms. The van der Waals surface area contributed by atoms with Gasteiger partial charge in [-0.25, -0.2) is 9.59 Å². The monoisotopic (exact) mass is 263 g/mol. The molecule has 1 aliphatic rings. The second-order valence-corrected chi connectivity index (χ2v) is 4.21. The van der Waals surface area contributed by atoms with Gasteiger partial charge >= 0.3 is 11.9 Å². The molecule has 0 aromatic rings. The molecule has 0 heterocycles. The van der Waals surface area contributed by atoms with Gasteiger partial charge in [-0.2, -0.15) is 0 Å². The molecule has 0 bridgehead atoms. The lowest BCUT2D eigenvalue weighted by Gasteiger charge is -2.38. The quantitative estimate of drug-likeness (QED) is 0.680. The maximum Gasteiger partial charge on any atom is 0.335 e. The standard InChI is InChI=1S/C14H17NO4/c1-3-9-15(10-4-2)14(13(18)19)7-5-11(6-8-14)12(16)17/h3-7H,1-2,8-10H2,(H,16,17)(H,18,19). The van der Waals surface area contributed by atoms with E-state index in [1.807, 2.05) is 0 Å². The van der Waals surface area contributed by atoms with Crippen LogP contribution >= 0.6 is 0 Å². The van der Waals surface area contributed by atoms with Crippen LogP contribution in [0.2, 0.25) is 0 Å². The van der Waals surface area contributed by atoms with Gasteiger partial charge in [-0.1, -0.05) is 24.3 Å². The molecule has 0 aromatic heterocycles. The number of aliphatic carboxylic acids is 2. The molecule has 0 saturated heterocycles.